The van der Waals surface area contributed by atoms with Gasteiger partial charge in [0.05, 0.1) is 5.60 Å². The highest BCUT2D eigenvalue weighted by molar-refractivity contribution is 4.88. The van der Waals surface area contributed by atoms with Gasteiger partial charge in [-0.05, 0) is 26.8 Å². The van der Waals surface area contributed by atoms with Crippen LogP contribution in [0.15, 0.2) is 0 Å². The van der Waals surface area contributed by atoms with E-state index in [2.05, 4.69) is 5.32 Å². The van der Waals surface area contributed by atoms with Gasteiger partial charge in [0.25, 0.3) is 0 Å². The summed E-state index contributed by atoms with van der Waals surface area (Å²) < 4.78 is 0. The minimum atomic E-state index is -0.481. The van der Waals surface area contributed by atoms with Crippen LogP contribution in [-0.2, 0) is 0 Å². The summed E-state index contributed by atoms with van der Waals surface area (Å²) >= 11 is 0. The van der Waals surface area contributed by atoms with Crippen molar-refractivity contribution in [3.63, 3.8) is 0 Å². The van der Waals surface area contributed by atoms with Crippen molar-refractivity contribution in [2.75, 3.05) is 7.05 Å². The Labute approximate surface area is 69.0 Å². The van der Waals surface area contributed by atoms with E-state index in [1.165, 1.54) is 19.3 Å². The van der Waals surface area contributed by atoms with Gasteiger partial charge in [-0.1, -0.05) is 19.3 Å². The third-order valence-corrected chi connectivity index (χ3v) is 2.77. The van der Waals surface area contributed by atoms with E-state index in [1.807, 2.05) is 14.0 Å². The van der Waals surface area contributed by atoms with E-state index in [-0.39, 0.29) is 0 Å². The Hall–Kier alpha value is -0.0800. The molecule has 0 spiro atoms. The second-order valence-electron chi connectivity index (χ2n) is 3.80. The maximum atomic E-state index is 9.95. The molecule has 1 fully saturated rings. The molecule has 1 aliphatic rings. The lowest BCUT2D eigenvalue weighted by atomic mass is 9.92. The van der Waals surface area contributed by atoms with Crippen LogP contribution in [0.1, 0.15) is 39.0 Å². The van der Waals surface area contributed by atoms with Gasteiger partial charge in [0.15, 0.2) is 0 Å². The first-order chi connectivity index (χ1) is 5.17. The molecule has 0 radical (unpaired) electrons. The van der Waals surface area contributed by atoms with Gasteiger partial charge in [-0.25, -0.2) is 0 Å². The van der Waals surface area contributed by atoms with Crippen LogP contribution < -0.4 is 5.32 Å². The minimum Gasteiger partial charge on any atom is -0.389 e. The number of hydrogen-bond acceptors (Lipinski definition) is 2. The van der Waals surface area contributed by atoms with Gasteiger partial charge in [-0.15, -0.1) is 0 Å². The van der Waals surface area contributed by atoms with Crippen molar-refractivity contribution in [3.05, 3.63) is 0 Å². The average Bonchev–Trinajstić information content (AvgIpc) is 2.10. The van der Waals surface area contributed by atoms with Gasteiger partial charge in [-0.3, -0.25) is 0 Å². The zero-order chi connectivity index (χ0) is 8.32. The summed E-state index contributed by atoms with van der Waals surface area (Å²) in [6.07, 6.45) is 5.75. The lowest BCUT2D eigenvalue weighted by Gasteiger charge is -2.30. The normalized spacial score (nSPS) is 40.1. The Bertz CT molecular complexity index is 123. The van der Waals surface area contributed by atoms with E-state index < -0.39 is 5.60 Å². The fourth-order valence-corrected chi connectivity index (χ4v) is 1.95. The first kappa shape index (κ1) is 9.01. The van der Waals surface area contributed by atoms with E-state index in [0.29, 0.717) is 6.04 Å². The summed E-state index contributed by atoms with van der Waals surface area (Å²) in [6, 6.07) is 0.296. The predicted octanol–water partition coefficient (Wildman–Crippen LogP) is 1.29. The molecule has 1 aliphatic carbocycles. The number of likely N-dealkylation sites (N-methyl/N-ethyl adjacent to an activating group) is 1. The molecule has 1 saturated carbocycles. The lowest BCUT2D eigenvalue weighted by Crippen LogP contribution is -2.46. The van der Waals surface area contributed by atoms with Gasteiger partial charge in [0, 0.05) is 6.04 Å². The van der Waals surface area contributed by atoms with Gasteiger partial charge in [-0.2, -0.15) is 0 Å². The number of aliphatic hydroxyl groups is 1. The molecule has 1 rings (SSSR count). The van der Waals surface area contributed by atoms with Gasteiger partial charge in [0.1, 0.15) is 0 Å². The molecule has 0 aromatic heterocycles. The van der Waals surface area contributed by atoms with E-state index in [0.717, 1.165) is 12.8 Å². The van der Waals surface area contributed by atoms with E-state index >= 15 is 0 Å². The molecule has 66 valence electrons. The van der Waals surface area contributed by atoms with Crippen molar-refractivity contribution >= 4 is 0 Å². The number of rotatable bonds is 1. The van der Waals surface area contributed by atoms with Crippen molar-refractivity contribution in [1.82, 2.24) is 5.32 Å². The highest BCUT2D eigenvalue weighted by Crippen LogP contribution is 2.26. The summed E-state index contributed by atoms with van der Waals surface area (Å²) in [5.74, 6) is 0. The first-order valence-corrected chi connectivity index (χ1v) is 4.56. The highest BCUT2D eigenvalue weighted by atomic mass is 16.3. The number of hydrogen-bond donors (Lipinski definition) is 2. The smallest absolute Gasteiger partial charge is 0.0771 e. The lowest BCUT2D eigenvalue weighted by molar-refractivity contribution is 0.0158. The number of nitrogens with one attached hydrogen (secondary N) is 1. The highest BCUT2D eigenvalue weighted by Gasteiger charge is 2.31. The molecule has 2 atom stereocenters. The van der Waals surface area contributed by atoms with Crippen LogP contribution >= 0.6 is 0 Å². The van der Waals surface area contributed by atoms with Crippen LogP contribution in [0, 0.1) is 0 Å². The van der Waals surface area contributed by atoms with Crippen LogP contribution in [0.5, 0.6) is 0 Å². The Morgan fingerprint density at radius 1 is 1.36 bits per heavy atom. The zero-order valence-electron chi connectivity index (χ0n) is 7.56. The van der Waals surface area contributed by atoms with Crippen LogP contribution in [0.4, 0.5) is 0 Å². The Balaban J connectivity index is 2.56. The summed E-state index contributed by atoms with van der Waals surface area (Å²) in [5.41, 5.74) is -0.481. The van der Waals surface area contributed by atoms with Gasteiger partial charge >= 0.3 is 0 Å². The molecule has 2 heteroatoms. The summed E-state index contributed by atoms with van der Waals surface area (Å²) in [4.78, 5) is 0. The van der Waals surface area contributed by atoms with Crippen LogP contribution in [0.2, 0.25) is 0 Å². The minimum absolute atomic E-state index is 0.296. The largest absolute Gasteiger partial charge is 0.389 e. The SMILES string of the molecule is CN[C@H]1CCCCC[C@]1(C)O. The summed E-state index contributed by atoms with van der Waals surface area (Å²) in [7, 11) is 1.93. The molecule has 11 heavy (non-hydrogen) atoms. The monoisotopic (exact) mass is 157 g/mol. The average molecular weight is 157 g/mol. The van der Waals surface area contributed by atoms with E-state index in [1.54, 1.807) is 0 Å². The molecular weight excluding hydrogens is 138 g/mol. The van der Waals surface area contributed by atoms with E-state index in [9.17, 15) is 5.11 Å². The summed E-state index contributed by atoms with van der Waals surface area (Å²) in [6.45, 7) is 1.94. The molecule has 0 saturated heterocycles. The molecule has 0 aromatic carbocycles. The molecule has 0 unspecified atom stereocenters. The maximum Gasteiger partial charge on any atom is 0.0771 e. The van der Waals surface area contributed by atoms with Crippen molar-refractivity contribution in [2.45, 2.75) is 50.7 Å². The topological polar surface area (TPSA) is 32.3 Å². The van der Waals surface area contributed by atoms with Crippen molar-refractivity contribution in [2.24, 2.45) is 0 Å². The maximum absolute atomic E-state index is 9.95. The van der Waals surface area contributed by atoms with Crippen LogP contribution in [0.25, 0.3) is 0 Å². The third kappa shape index (κ3) is 2.17. The Kier molecular flexibility index (Phi) is 2.90. The molecule has 0 bridgehead atoms. The Morgan fingerprint density at radius 3 is 2.73 bits per heavy atom. The standard InChI is InChI=1S/C9H19NO/c1-9(11)7-5-3-4-6-8(9)10-2/h8,10-11H,3-7H2,1-2H3/t8-,9-/m0/s1. The fourth-order valence-electron chi connectivity index (χ4n) is 1.95. The van der Waals surface area contributed by atoms with Crippen molar-refractivity contribution in [3.8, 4) is 0 Å². The Morgan fingerprint density at radius 2 is 2.09 bits per heavy atom. The van der Waals surface area contributed by atoms with E-state index in [4.69, 9.17) is 0 Å². The summed E-state index contributed by atoms with van der Waals surface area (Å²) in [5, 5.41) is 13.1. The molecule has 2 nitrogen and oxygen atoms in total. The molecular formula is C9H19NO. The molecule has 0 aliphatic heterocycles. The molecule has 0 heterocycles. The predicted molar refractivity (Wildman–Crippen MR) is 46.6 cm³/mol. The third-order valence-electron chi connectivity index (χ3n) is 2.77. The molecule has 0 amide bonds. The second-order valence-corrected chi connectivity index (χ2v) is 3.80. The second kappa shape index (κ2) is 3.55. The quantitative estimate of drug-likeness (QED) is 0.562. The van der Waals surface area contributed by atoms with Crippen molar-refractivity contribution < 1.29 is 5.11 Å². The van der Waals surface area contributed by atoms with Gasteiger partial charge in [0.2, 0.25) is 0 Å². The zero-order valence-corrected chi connectivity index (χ0v) is 7.56. The fraction of sp³-hybridized carbons (Fsp3) is 1.00. The first-order valence-electron chi connectivity index (χ1n) is 4.56. The van der Waals surface area contributed by atoms with Crippen LogP contribution in [-0.4, -0.2) is 23.8 Å². The van der Waals surface area contributed by atoms with Gasteiger partial charge < -0.3 is 10.4 Å². The molecule has 0 aromatic rings. The molecule has 2 N–H and O–H groups in total. The van der Waals surface area contributed by atoms with Crippen LogP contribution in [0.3, 0.4) is 0 Å². The van der Waals surface area contributed by atoms with Crippen molar-refractivity contribution in [1.29, 1.82) is 0 Å².